The number of carbonyl (C=O) groups excluding carboxylic acids is 1. The highest BCUT2D eigenvalue weighted by molar-refractivity contribution is 6.30. The van der Waals surface area contributed by atoms with Gasteiger partial charge >= 0.3 is 6.09 Å². The fraction of sp³-hybridized carbons (Fsp3) is 0.579. The molecule has 1 saturated heterocycles. The van der Waals surface area contributed by atoms with Crippen LogP contribution in [0.25, 0.3) is 0 Å². The van der Waals surface area contributed by atoms with E-state index in [1.807, 2.05) is 0 Å². The lowest BCUT2D eigenvalue weighted by molar-refractivity contribution is 0.0600. The van der Waals surface area contributed by atoms with Crippen LogP contribution in [-0.4, -0.2) is 29.8 Å². The quantitative estimate of drug-likeness (QED) is 0.768. The summed E-state index contributed by atoms with van der Waals surface area (Å²) in [5.41, 5.74) is 6.04. The summed E-state index contributed by atoms with van der Waals surface area (Å²) in [4.78, 5) is 16.4. The van der Waals surface area contributed by atoms with E-state index in [0.29, 0.717) is 22.9 Å². The van der Waals surface area contributed by atoms with Crippen LogP contribution in [0.1, 0.15) is 69.1 Å². The summed E-state index contributed by atoms with van der Waals surface area (Å²) in [7, 11) is 0. The van der Waals surface area contributed by atoms with Crippen molar-refractivity contribution in [3.63, 3.8) is 0 Å². The van der Waals surface area contributed by atoms with Crippen molar-refractivity contribution in [2.45, 2.75) is 58.0 Å². The molecule has 1 aromatic heterocycles. The lowest BCUT2D eigenvalue weighted by Crippen LogP contribution is -2.27. The SMILES string of the molecule is CC(C)(C)OC(N)=O.N#Cc1c(Cl)nc(N2CCCC2)c(C#N)c1C1CC1. The minimum atomic E-state index is -0.725. The molecule has 2 fully saturated rings. The van der Waals surface area contributed by atoms with E-state index in [0.717, 1.165) is 44.3 Å². The maximum Gasteiger partial charge on any atom is 0.405 e. The number of pyridine rings is 1. The number of halogens is 1. The van der Waals surface area contributed by atoms with Crippen molar-refractivity contribution >= 4 is 23.5 Å². The number of hydrogen-bond acceptors (Lipinski definition) is 6. The summed E-state index contributed by atoms with van der Waals surface area (Å²) < 4.78 is 4.58. The molecule has 0 spiro atoms. The van der Waals surface area contributed by atoms with Crippen LogP contribution < -0.4 is 10.6 Å². The van der Waals surface area contributed by atoms with Crippen LogP contribution in [0.4, 0.5) is 10.6 Å². The van der Waals surface area contributed by atoms with Crippen LogP contribution >= 0.6 is 11.6 Å². The van der Waals surface area contributed by atoms with Gasteiger partial charge in [0.15, 0.2) is 0 Å². The molecule has 1 amide bonds. The molecule has 7 nitrogen and oxygen atoms in total. The number of amides is 1. The summed E-state index contributed by atoms with van der Waals surface area (Å²) in [6, 6.07) is 4.36. The zero-order valence-electron chi connectivity index (χ0n) is 15.9. The average Bonchev–Trinajstić information content (AvgIpc) is 3.25. The molecular weight excluding hydrogens is 366 g/mol. The normalized spacial score (nSPS) is 16.0. The number of anilines is 1. The Hall–Kier alpha value is -2.51. The Morgan fingerprint density at radius 2 is 1.78 bits per heavy atom. The Kier molecular flexibility index (Phi) is 6.51. The smallest absolute Gasteiger partial charge is 0.405 e. The second-order valence-corrected chi connectivity index (χ2v) is 7.97. The van der Waals surface area contributed by atoms with Crippen molar-refractivity contribution in [3.05, 3.63) is 21.8 Å². The van der Waals surface area contributed by atoms with E-state index in [1.165, 1.54) is 0 Å². The number of primary amides is 1. The van der Waals surface area contributed by atoms with Gasteiger partial charge in [0.1, 0.15) is 28.7 Å². The van der Waals surface area contributed by atoms with Crippen LogP contribution in [-0.2, 0) is 4.74 Å². The summed E-state index contributed by atoms with van der Waals surface area (Å²) >= 11 is 6.14. The van der Waals surface area contributed by atoms with E-state index in [-0.39, 0.29) is 5.15 Å². The molecule has 3 rings (SSSR count). The summed E-state index contributed by atoms with van der Waals surface area (Å²) in [6.07, 6.45) is 3.57. The first kappa shape index (κ1) is 20.8. The van der Waals surface area contributed by atoms with E-state index in [2.05, 4.69) is 26.8 Å². The van der Waals surface area contributed by atoms with Crippen molar-refractivity contribution in [1.29, 1.82) is 10.5 Å². The number of nitrogens with two attached hydrogens (primary N) is 1. The Labute approximate surface area is 164 Å². The van der Waals surface area contributed by atoms with Crippen molar-refractivity contribution < 1.29 is 9.53 Å². The number of hydrogen-bond donors (Lipinski definition) is 1. The molecule has 8 heteroatoms. The molecule has 0 atom stereocenters. The van der Waals surface area contributed by atoms with Gasteiger partial charge in [0, 0.05) is 13.1 Å². The molecule has 0 bridgehead atoms. The van der Waals surface area contributed by atoms with E-state index >= 15 is 0 Å². The fourth-order valence-corrected chi connectivity index (χ4v) is 3.24. The second kappa shape index (κ2) is 8.45. The molecule has 2 aliphatic rings. The van der Waals surface area contributed by atoms with Gasteiger partial charge in [-0.2, -0.15) is 10.5 Å². The molecule has 1 aromatic rings. The van der Waals surface area contributed by atoms with E-state index < -0.39 is 11.7 Å². The topological polar surface area (TPSA) is 116 Å². The molecule has 0 aromatic carbocycles. The van der Waals surface area contributed by atoms with Crippen LogP contribution in [0.5, 0.6) is 0 Å². The zero-order valence-corrected chi connectivity index (χ0v) is 16.6. The van der Waals surface area contributed by atoms with E-state index in [1.54, 1.807) is 20.8 Å². The van der Waals surface area contributed by atoms with Crippen LogP contribution in [0, 0.1) is 22.7 Å². The monoisotopic (exact) mass is 389 g/mol. The first-order valence-electron chi connectivity index (χ1n) is 8.95. The summed E-state index contributed by atoms with van der Waals surface area (Å²) in [6.45, 7) is 7.11. The minimum absolute atomic E-state index is 0.241. The molecule has 0 unspecified atom stereocenters. The Morgan fingerprint density at radius 3 is 2.15 bits per heavy atom. The van der Waals surface area contributed by atoms with Gasteiger partial charge in [-0.05, 0) is 57.9 Å². The van der Waals surface area contributed by atoms with Gasteiger partial charge in [-0.25, -0.2) is 9.78 Å². The minimum Gasteiger partial charge on any atom is -0.444 e. The molecule has 144 valence electrons. The molecule has 1 aliphatic carbocycles. The number of nitriles is 2. The number of ether oxygens (including phenoxy) is 1. The Bertz CT molecular complexity index is 794. The molecule has 2 N–H and O–H groups in total. The number of rotatable bonds is 2. The maximum absolute atomic E-state index is 10.0. The van der Waals surface area contributed by atoms with Crippen molar-refractivity contribution in [2.75, 3.05) is 18.0 Å². The fourth-order valence-electron chi connectivity index (χ4n) is 3.02. The second-order valence-electron chi connectivity index (χ2n) is 7.62. The van der Waals surface area contributed by atoms with Crippen LogP contribution in [0.3, 0.4) is 0 Å². The number of nitrogens with zero attached hydrogens (tertiary/aromatic N) is 4. The first-order chi connectivity index (χ1) is 12.7. The van der Waals surface area contributed by atoms with Gasteiger partial charge in [-0.3, -0.25) is 0 Å². The van der Waals surface area contributed by atoms with Gasteiger partial charge in [0.2, 0.25) is 0 Å². The maximum atomic E-state index is 10.0. The predicted octanol–water partition coefficient (Wildman–Crippen LogP) is 3.84. The molecule has 0 radical (unpaired) electrons. The lowest BCUT2D eigenvalue weighted by atomic mass is 10.00. The lowest BCUT2D eigenvalue weighted by Gasteiger charge is -2.20. The van der Waals surface area contributed by atoms with Crippen LogP contribution in [0.15, 0.2) is 0 Å². The van der Waals surface area contributed by atoms with Crippen molar-refractivity contribution in [1.82, 2.24) is 4.98 Å². The molecule has 1 saturated carbocycles. The van der Waals surface area contributed by atoms with Gasteiger partial charge in [0.05, 0.1) is 11.1 Å². The first-order valence-corrected chi connectivity index (χ1v) is 9.32. The largest absolute Gasteiger partial charge is 0.444 e. The van der Waals surface area contributed by atoms with Gasteiger partial charge < -0.3 is 15.4 Å². The highest BCUT2D eigenvalue weighted by atomic mass is 35.5. The van der Waals surface area contributed by atoms with Gasteiger partial charge in [-0.15, -0.1) is 0 Å². The average molecular weight is 390 g/mol. The number of carbonyl (C=O) groups is 1. The zero-order chi connectivity index (χ0) is 20.2. The Balaban J connectivity index is 0.000000279. The van der Waals surface area contributed by atoms with Crippen molar-refractivity contribution in [2.24, 2.45) is 5.73 Å². The highest BCUT2D eigenvalue weighted by Gasteiger charge is 2.33. The van der Waals surface area contributed by atoms with Crippen LogP contribution in [0.2, 0.25) is 5.15 Å². The third-order valence-electron chi connectivity index (χ3n) is 4.19. The van der Waals surface area contributed by atoms with Gasteiger partial charge in [0.25, 0.3) is 0 Å². The standard InChI is InChI=1S/C14H13ClN4.C5H11NO2/c15-13-10(7-16)12(9-3-4-9)11(8-17)14(18-13)19-5-1-2-6-19;1-5(2,3)8-4(6)7/h9H,1-6H2;1-3H3,(H2,6,7). The van der Waals surface area contributed by atoms with Crippen molar-refractivity contribution in [3.8, 4) is 12.1 Å². The third kappa shape index (κ3) is 5.48. The van der Waals surface area contributed by atoms with E-state index in [9.17, 15) is 15.3 Å². The van der Waals surface area contributed by atoms with Gasteiger partial charge in [-0.1, -0.05) is 11.6 Å². The summed E-state index contributed by atoms with van der Waals surface area (Å²) in [5, 5.41) is 19.0. The predicted molar refractivity (Wildman–Crippen MR) is 103 cm³/mol. The number of aromatic nitrogens is 1. The molecular formula is C19H24ClN5O2. The molecule has 27 heavy (non-hydrogen) atoms. The summed E-state index contributed by atoms with van der Waals surface area (Å²) in [5.74, 6) is 0.983. The Morgan fingerprint density at radius 1 is 1.22 bits per heavy atom. The van der Waals surface area contributed by atoms with E-state index in [4.69, 9.17) is 17.3 Å². The highest BCUT2D eigenvalue weighted by Crippen LogP contribution is 2.46. The molecule has 1 aliphatic heterocycles. The third-order valence-corrected chi connectivity index (χ3v) is 4.47. The molecule has 2 heterocycles.